The lowest BCUT2D eigenvalue weighted by Gasteiger charge is -2.09. The van der Waals surface area contributed by atoms with Crippen LogP contribution in [0.15, 0.2) is 42.7 Å². The first-order valence-corrected chi connectivity index (χ1v) is 8.05. The number of aromatic nitrogens is 3. The van der Waals surface area contributed by atoms with Gasteiger partial charge in [-0.1, -0.05) is 11.6 Å². The first-order chi connectivity index (χ1) is 12.2. The zero-order valence-electron chi connectivity index (χ0n) is 13.6. The summed E-state index contributed by atoms with van der Waals surface area (Å²) in [6, 6.07) is 10.9. The van der Waals surface area contributed by atoms with Crippen LogP contribution in [0.2, 0.25) is 5.02 Å². The second kappa shape index (κ2) is 7.79. The van der Waals surface area contributed by atoms with Crippen molar-refractivity contribution in [1.29, 1.82) is 5.26 Å². The number of nitriles is 1. The molecule has 0 radical (unpaired) electrons. The Morgan fingerprint density at radius 1 is 1.24 bits per heavy atom. The number of hydrogen-bond acceptors (Lipinski definition) is 5. The molecular formula is C18H16ClN5O. The fourth-order valence-corrected chi connectivity index (χ4v) is 2.59. The molecule has 6 nitrogen and oxygen atoms in total. The fraction of sp³-hybridized carbons (Fsp3) is 0.167. The largest absolute Gasteiger partial charge is 0.453 e. The molecule has 1 aromatic carbocycles. The third-order valence-electron chi connectivity index (χ3n) is 3.56. The van der Waals surface area contributed by atoms with Crippen molar-refractivity contribution < 1.29 is 4.74 Å². The monoisotopic (exact) mass is 353 g/mol. The van der Waals surface area contributed by atoms with Gasteiger partial charge in [-0.25, -0.2) is 0 Å². The van der Waals surface area contributed by atoms with E-state index in [2.05, 4.69) is 26.6 Å². The van der Waals surface area contributed by atoms with Crippen molar-refractivity contribution in [3.63, 3.8) is 0 Å². The standard InChI is InChI=1S/C18H16ClN5O/c1-12-18(25-16-7-14(9-20)6-15(19)8-16)17(24-23-12)11-22-10-13-2-4-21-5-3-13/h2-8,22H,10-11H2,1H3,(H,23,24). The van der Waals surface area contributed by atoms with E-state index in [0.717, 1.165) is 17.0 Å². The number of aromatic amines is 1. The molecule has 0 atom stereocenters. The van der Waals surface area contributed by atoms with Crippen LogP contribution in [0.5, 0.6) is 11.5 Å². The average molecular weight is 354 g/mol. The molecule has 0 spiro atoms. The number of nitrogens with zero attached hydrogens (tertiary/aromatic N) is 3. The van der Waals surface area contributed by atoms with Gasteiger partial charge in [0, 0.05) is 30.5 Å². The van der Waals surface area contributed by atoms with Gasteiger partial charge in [-0.05, 0) is 42.8 Å². The highest BCUT2D eigenvalue weighted by Gasteiger charge is 2.13. The summed E-state index contributed by atoms with van der Waals surface area (Å²) in [7, 11) is 0. The molecule has 0 saturated carbocycles. The normalized spacial score (nSPS) is 10.4. The Bertz CT molecular complexity index is 902. The van der Waals surface area contributed by atoms with Gasteiger partial charge in [-0.15, -0.1) is 0 Å². The molecule has 0 bridgehead atoms. The molecule has 3 aromatic rings. The first kappa shape index (κ1) is 17.0. The Morgan fingerprint density at radius 3 is 2.80 bits per heavy atom. The summed E-state index contributed by atoms with van der Waals surface area (Å²) in [5.41, 5.74) is 3.15. The van der Waals surface area contributed by atoms with E-state index >= 15 is 0 Å². The summed E-state index contributed by atoms with van der Waals surface area (Å²) in [6.45, 7) is 3.12. The zero-order chi connectivity index (χ0) is 17.6. The molecule has 0 unspecified atom stereocenters. The van der Waals surface area contributed by atoms with Gasteiger partial charge in [0.1, 0.15) is 11.4 Å². The van der Waals surface area contributed by atoms with E-state index in [-0.39, 0.29) is 0 Å². The van der Waals surface area contributed by atoms with Crippen LogP contribution in [-0.2, 0) is 13.1 Å². The summed E-state index contributed by atoms with van der Waals surface area (Å²) >= 11 is 6.03. The molecule has 0 fully saturated rings. The van der Waals surface area contributed by atoms with Crippen molar-refractivity contribution in [3.05, 3.63) is 70.3 Å². The van der Waals surface area contributed by atoms with Crippen LogP contribution in [0.3, 0.4) is 0 Å². The van der Waals surface area contributed by atoms with Gasteiger partial charge < -0.3 is 10.1 Å². The molecule has 0 saturated heterocycles. The lowest BCUT2D eigenvalue weighted by molar-refractivity contribution is 0.469. The SMILES string of the molecule is Cc1n[nH]c(CNCc2ccncc2)c1Oc1cc(Cl)cc(C#N)c1. The zero-order valence-corrected chi connectivity index (χ0v) is 14.3. The molecule has 0 aliphatic heterocycles. The number of halogens is 1. The minimum Gasteiger partial charge on any atom is -0.453 e. The lowest BCUT2D eigenvalue weighted by Crippen LogP contribution is -2.13. The third-order valence-corrected chi connectivity index (χ3v) is 3.78. The predicted octanol–water partition coefficient (Wildman–Crippen LogP) is 3.72. The number of ether oxygens (including phenoxy) is 1. The van der Waals surface area contributed by atoms with Gasteiger partial charge in [-0.3, -0.25) is 10.1 Å². The Hall–Kier alpha value is -2.88. The number of pyridine rings is 1. The van der Waals surface area contributed by atoms with Crippen molar-refractivity contribution in [2.24, 2.45) is 0 Å². The highest BCUT2D eigenvalue weighted by molar-refractivity contribution is 6.30. The number of H-pyrrole nitrogens is 1. The Labute approximate surface area is 150 Å². The number of hydrogen-bond donors (Lipinski definition) is 2. The van der Waals surface area contributed by atoms with Gasteiger partial charge in [0.25, 0.3) is 0 Å². The first-order valence-electron chi connectivity index (χ1n) is 7.67. The maximum atomic E-state index is 9.05. The van der Waals surface area contributed by atoms with E-state index in [1.54, 1.807) is 30.6 Å². The molecular weight excluding hydrogens is 338 g/mol. The molecule has 0 aliphatic rings. The minimum absolute atomic E-state index is 0.445. The molecule has 2 N–H and O–H groups in total. The van der Waals surface area contributed by atoms with E-state index in [9.17, 15) is 0 Å². The Morgan fingerprint density at radius 2 is 2.04 bits per heavy atom. The highest BCUT2D eigenvalue weighted by atomic mass is 35.5. The van der Waals surface area contributed by atoms with Crippen LogP contribution < -0.4 is 10.1 Å². The summed E-state index contributed by atoms with van der Waals surface area (Å²) in [6.07, 6.45) is 3.52. The van der Waals surface area contributed by atoms with Crippen molar-refractivity contribution in [2.75, 3.05) is 0 Å². The molecule has 126 valence electrons. The van der Waals surface area contributed by atoms with Crippen LogP contribution in [0.25, 0.3) is 0 Å². The van der Waals surface area contributed by atoms with Crippen LogP contribution >= 0.6 is 11.6 Å². The van der Waals surface area contributed by atoms with E-state index in [1.807, 2.05) is 19.1 Å². The molecule has 0 aliphatic carbocycles. The van der Waals surface area contributed by atoms with E-state index < -0.39 is 0 Å². The smallest absolute Gasteiger partial charge is 0.172 e. The molecule has 7 heteroatoms. The third kappa shape index (κ3) is 4.35. The van der Waals surface area contributed by atoms with Gasteiger partial charge in [0.05, 0.1) is 17.3 Å². The average Bonchev–Trinajstić information content (AvgIpc) is 2.95. The molecule has 25 heavy (non-hydrogen) atoms. The summed E-state index contributed by atoms with van der Waals surface area (Å²) in [5, 5.41) is 20.0. The maximum absolute atomic E-state index is 9.05. The number of rotatable bonds is 6. The topological polar surface area (TPSA) is 86.6 Å². The molecule has 2 aromatic heterocycles. The number of nitrogens with one attached hydrogen (secondary N) is 2. The summed E-state index contributed by atoms with van der Waals surface area (Å²) in [5.74, 6) is 1.14. The minimum atomic E-state index is 0.445. The van der Waals surface area contributed by atoms with Crippen molar-refractivity contribution in [3.8, 4) is 17.6 Å². The van der Waals surface area contributed by atoms with Gasteiger partial charge in [0.2, 0.25) is 0 Å². The maximum Gasteiger partial charge on any atom is 0.172 e. The van der Waals surface area contributed by atoms with Gasteiger partial charge in [0.15, 0.2) is 5.75 Å². The van der Waals surface area contributed by atoms with Crippen LogP contribution in [0.4, 0.5) is 0 Å². The van der Waals surface area contributed by atoms with Crippen LogP contribution in [0.1, 0.15) is 22.5 Å². The molecule has 3 rings (SSSR count). The second-order valence-corrected chi connectivity index (χ2v) is 5.90. The summed E-state index contributed by atoms with van der Waals surface area (Å²) < 4.78 is 5.93. The van der Waals surface area contributed by atoms with E-state index in [4.69, 9.17) is 21.6 Å². The predicted molar refractivity (Wildman–Crippen MR) is 94.3 cm³/mol. The second-order valence-electron chi connectivity index (χ2n) is 5.47. The van der Waals surface area contributed by atoms with Crippen LogP contribution in [-0.4, -0.2) is 15.2 Å². The van der Waals surface area contributed by atoms with Crippen LogP contribution in [0, 0.1) is 18.3 Å². The van der Waals surface area contributed by atoms with E-state index in [1.165, 1.54) is 0 Å². The Kier molecular flexibility index (Phi) is 5.29. The molecule has 0 amide bonds. The van der Waals surface area contributed by atoms with Crippen molar-refractivity contribution in [2.45, 2.75) is 20.0 Å². The highest BCUT2D eigenvalue weighted by Crippen LogP contribution is 2.30. The number of benzene rings is 1. The lowest BCUT2D eigenvalue weighted by atomic mass is 10.2. The van der Waals surface area contributed by atoms with Gasteiger partial charge in [-0.2, -0.15) is 10.4 Å². The van der Waals surface area contributed by atoms with Crippen molar-refractivity contribution in [1.82, 2.24) is 20.5 Å². The summed E-state index contributed by atoms with van der Waals surface area (Å²) in [4.78, 5) is 4.00. The fourth-order valence-electron chi connectivity index (χ4n) is 2.36. The van der Waals surface area contributed by atoms with Gasteiger partial charge >= 0.3 is 0 Å². The molecule has 2 heterocycles. The number of aryl methyl sites for hydroxylation is 1. The quantitative estimate of drug-likeness (QED) is 0.705. The Balaban J connectivity index is 1.71. The van der Waals surface area contributed by atoms with Crippen molar-refractivity contribution >= 4 is 11.6 Å². The van der Waals surface area contributed by atoms with E-state index in [0.29, 0.717) is 35.2 Å².